The summed E-state index contributed by atoms with van der Waals surface area (Å²) < 4.78 is 11.0. The van der Waals surface area contributed by atoms with Crippen LogP contribution in [-0.2, 0) is 25.8 Å². The molecule has 232 valence electrons. The van der Waals surface area contributed by atoms with Gasteiger partial charge < -0.3 is 13.5 Å². The first kappa shape index (κ1) is 28.9. The molecule has 0 spiro atoms. The largest absolute Gasteiger partial charge is 2.00 e. The number of hydrogen-bond acceptors (Lipinski definition) is 3. The van der Waals surface area contributed by atoms with Gasteiger partial charge in [0.05, 0.1) is 33.4 Å². The van der Waals surface area contributed by atoms with Crippen molar-refractivity contribution in [3.63, 3.8) is 0 Å². The van der Waals surface area contributed by atoms with E-state index in [9.17, 15) is 0 Å². The van der Waals surface area contributed by atoms with Crippen LogP contribution in [0, 0.1) is 12.1 Å². The summed E-state index contributed by atoms with van der Waals surface area (Å²) in [6, 6.07) is 47.3. The van der Waals surface area contributed by atoms with E-state index in [1.165, 1.54) is 10.9 Å². The molecule has 4 heterocycles. The van der Waals surface area contributed by atoms with Gasteiger partial charge in [0.25, 0.3) is 0 Å². The fourth-order valence-corrected chi connectivity index (χ4v) is 7.17. The second-order valence-electron chi connectivity index (χ2n) is 13.3. The second-order valence-corrected chi connectivity index (χ2v) is 13.3. The third-order valence-electron chi connectivity index (χ3n) is 9.46. The predicted octanol–water partition coefficient (Wildman–Crippen LogP) is 10.6. The smallest absolute Gasteiger partial charge is 0.497 e. The molecule has 48 heavy (non-hydrogen) atoms. The zero-order valence-corrected chi connectivity index (χ0v) is 28.0. The van der Waals surface area contributed by atoms with Crippen molar-refractivity contribution in [3.8, 4) is 11.5 Å². The first-order chi connectivity index (χ1) is 22.9. The maximum Gasteiger partial charge on any atom is 2.00 e. The predicted molar refractivity (Wildman–Crippen MR) is 192 cm³/mol. The van der Waals surface area contributed by atoms with Gasteiger partial charge >= 0.3 is 20.4 Å². The van der Waals surface area contributed by atoms with Crippen LogP contribution in [-0.4, -0.2) is 18.8 Å². The average molecular weight is 711 g/mol. The minimum Gasteiger partial charge on any atom is -0.497 e. The first-order valence-corrected chi connectivity index (χ1v) is 15.9. The number of nitrogens with zero attached hydrogens (tertiary/aromatic N) is 4. The molecule has 0 atom stereocenters. The van der Waals surface area contributed by atoms with E-state index < -0.39 is 0 Å². The molecule has 4 aromatic heterocycles. The van der Waals surface area contributed by atoms with E-state index in [2.05, 4.69) is 133 Å². The number of pyridine rings is 2. The van der Waals surface area contributed by atoms with Crippen molar-refractivity contribution in [1.82, 2.24) is 18.8 Å². The zero-order valence-electron chi connectivity index (χ0n) is 26.5. The summed E-state index contributed by atoms with van der Waals surface area (Å²) in [5.74, 6) is 1.22. The fourth-order valence-electron chi connectivity index (χ4n) is 7.17. The fraction of sp³-hybridized carbons (Fsp3) is 0.0952. The molecule has 0 radical (unpaired) electrons. The molecule has 0 aliphatic rings. The number of hydrogen-bond donors (Lipinski definition) is 0. The Bertz CT molecular complexity index is 2930. The molecule has 0 N–H and O–H groups in total. The van der Waals surface area contributed by atoms with E-state index in [1.54, 1.807) is 0 Å². The maximum absolute atomic E-state index is 6.56. The van der Waals surface area contributed by atoms with Crippen molar-refractivity contribution in [3.05, 3.63) is 133 Å². The molecular weight excluding hydrogens is 683 g/mol. The van der Waals surface area contributed by atoms with Gasteiger partial charge in [0.2, 0.25) is 0 Å². The summed E-state index contributed by atoms with van der Waals surface area (Å²) in [7, 11) is 0. The van der Waals surface area contributed by atoms with E-state index in [0.717, 1.165) is 71.3 Å². The summed E-state index contributed by atoms with van der Waals surface area (Å²) in [6.45, 7) is 6.76. The molecule has 0 amide bonds. The molecule has 10 rings (SSSR count). The van der Waals surface area contributed by atoms with Gasteiger partial charge in [0.15, 0.2) is 0 Å². The monoisotopic (exact) mass is 710 g/mol. The molecular formula is C42H28N4OPd. The third kappa shape index (κ3) is 4.13. The molecule has 0 bridgehead atoms. The SMILES string of the molecule is CC(C)(C)c1ccc2c(c1)c1ccc(Oc3[c-]c4c(cc3)c3ccccc3n3c5ccccc5nc43)[c-]c1c1nc3ccccc3n21.[Pd+2]. The number of rotatable bonds is 2. The minimum atomic E-state index is 0. The Balaban J connectivity index is 0.00000314. The Morgan fingerprint density at radius 2 is 1.02 bits per heavy atom. The number of ether oxygens (including phenoxy) is 1. The van der Waals surface area contributed by atoms with Crippen molar-refractivity contribution in [2.45, 2.75) is 26.2 Å². The Morgan fingerprint density at radius 3 is 1.60 bits per heavy atom. The van der Waals surface area contributed by atoms with Crippen LogP contribution in [0.3, 0.4) is 0 Å². The number of imidazole rings is 2. The van der Waals surface area contributed by atoms with Gasteiger partial charge in [-0.05, 0) is 58.1 Å². The molecule has 6 heteroatoms. The minimum absolute atomic E-state index is 0. The van der Waals surface area contributed by atoms with E-state index in [-0.39, 0.29) is 25.8 Å². The molecule has 0 fully saturated rings. The summed E-state index contributed by atoms with van der Waals surface area (Å²) in [5.41, 5.74) is 9.31. The molecule has 5 nitrogen and oxygen atoms in total. The van der Waals surface area contributed by atoms with E-state index in [4.69, 9.17) is 14.7 Å². The van der Waals surface area contributed by atoms with Gasteiger partial charge in [-0.2, -0.15) is 0 Å². The number of fused-ring (bicyclic) bond motifs is 16. The molecule has 6 aromatic carbocycles. The van der Waals surface area contributed by atoms with Crippen LogP contribution in [0.1, 0.15) is 26.3 Å². The number of aromatic nitrogens is 4. The van der Waals surface area contributed by atoms with Crippen molar-refractivity contribution < 1.29 is 25.2 Å². The summed E-state index contributed by atoms with van der Waals surface area (Å²) >= 11 is 0. The van der Waals surface area contributed by atoms with Gasteiger partial charge in [0.1, 0.15) is 0 Å². The Kier molecular flexibility index (Phi) is 6.24. The quantitative estimate of drug-likeness (QED) is 0.102. The Hall–Kier alpha value is -5.28. The molecule has 0 saturated heterocycles. The zero-order chi connectivity index (χ0) is 31.4. The summed E-state index contributed by atoms with van der Waals surface area (Å²) in [5, 5.41) is 6.34. The summed E-state index contributed by atoms with van der Waals surface area (Å²) in [6.07, 6.45) is 0. The van der Waals surface area contributed by atoms with Gasteiger partial charge in [-0.25, -0.2) is 0 Å². The number of para-hydroxylation sites is 5. The van der Waals surface area contributed by atoms with Crippen LogP contribution < -0.4 is 4.74 Å². The van der Waals surface area contributed by atoms with Gasteiger partial charge in [0, 0.05) is 22.5 Å². The van der Waals surface area contributed by atoms with Crippen LogP contribution in [0.4, 0.5) is 0 Å². The first-order valence-electron chi connectivity index (χ1n) is 15.9. The average Bonchev–Trinajstić information content (AvgIpc) is 3.68. The van der Waals surface area contributed by atoms with E-state index in [0.29, 0.717) is 11.5 Å². The van der Waals surface area contributed by atoms with Gasteiger partial charge in [-0.1, -0.05) is 121 Å². The van der Waals surface area contributed by atoms with Gasteiger partial charge in [-0.3, -0.25) is 9.97 Å². The second kappa shape index (κ2) is 10.4. The van der Waals surface area contributed by atoms with Crippen LogP contribution in [0.15, 0.2) is 115 Å². The molecule has 0 saturated carbocycles. The molecule has 10 aromatic rings. The van der Waals surface area contributed by atoms with Crippen molar-refractivity contribution in [1.29, 1.82) is 0 Å². The van der Waals surface area contributed by atoms with Crippen molar-refractivity contribution in [2.75, 3.05) is 0 Å². The van der Waals surface area contributed by atoms with Crippen molar-refractivity contribution in [2.24, 2.45) is 0 Å². The van der Waals surface area contributed by atoms with Crippen LogP contribution in [0.5, 0.6) is 11.5 Å². The van der Waals surface area contributed by atoms with E-state index >= 15 is 0 Å². The Morgan fingerprint density at radius 1 is 0.521 bits per heavy atom. The standard InChI is InChI=1S/C42H28N4O.Pd/c1-42(2,3)25-16-21-37-31(22-25)29-20-18-27(24-33(29)41-44-35-12-6-9-15-39(35)46(37)41)47-26-17-19-28-30-10-4-7-13-36(30)45-38-14-8-5-11-34(38)43-40(45)32(28)23-26;/h4-22H,1-3H3;/q-2;+2. The van der Waals surface area contributed by atoms with Gasteiger partial charge in [-0.15, -0.1) is 12.1 Å². The Labute approximate surface area is 290 Å². The summed E-state index contributed by atoms with van der Waals surface area (Å²) in [4.78, 5) is 10.1. The normalized spacial score (nSPS) is 12.3. The topological polar surface area (TPSA) is 43.8 Å². The molecule has 0 aliphatic heterocycles. The number of benzene rings is 6. The van der Waals surface area contributed by atoms with E-state index in [1.807, 2.05) is 24.3 Å². The maximum atomic E-state index is 6.56. The van der Waals surface area contributed by atoms with Crippen LogP contribution in [0.2, 0.25) is 0 Å². The van der Waals surface area contributed by atoms with Crippen LogP contribution >= 0.6 is 0 Å². The van der Waals surface area contributed by atoms with Crippen molar-refractivity contribution >= 4 is 76.7 Å². The molecule has 0 aliphatic carbocycles. The van der Waals surface area contributed by atoms with Crippen LogP contribution in [0.25, 0.3) is 76.7 Å². The third-order valence-corrected chi connectivity index (χ3v) is 9.46. The molecule has 0 unspecified atom stereocenters.